The number of ketones is 1. The number of hydrogen-bond acceptors (Lipinski definition) is 10. The van der Waals surface area contributed by atoms with Crippen LogP contribution < -0.4 is 14.2 Å². The number of aliphatic hydroxyl groups excluding tert-OH is 1. The summed E-state index contributed by atoms with van der Waals surface area (Å²) in [6, 6.07) is 7.64. The van der Waals surface area contributed by atoms with Gasteiger partial charge in [-0.15, -0.1) is 0 Å². The summed E-state index contributed by atoms with van der Waals surface area (Å²) in [5, 5.41) is 11.4. The number of amides is 1. The number of ether oxygens (including phenoxy) is 5. The van der Waals surface area contributed by atoms with Crippen LogP contribution in [0.5, 0.6) is 17.2 Å². The van der Waals surface area contributed by atoms with E-state index in [0.717, 1.165) is 5.57 Å². The van der Waals surface area contributed by atoms with Crippen LogP contribution in [0.2, 0.25) is 0 Å². The van der Waals surface area contributed by atoms with Crippen molar-refractivity contribution in [3.63, 3.8) is 0 Å². The van der Waals surface area contributed by atoms with Gasteiger partial charge in [0.05, 0.1) is 25.7 Å². The Bertz CT molecular complexity index is 1650. The second-order valence-electron chi connectivity index (χ2n) is 14.5. The normalized spacial score (nSPS) is 15.9. The van der Waals surface area contributed by atoms with Crippen molar-refractivity contribution < 1.29 is 52.4 Å². The van der Waals surface area contributed by atoms with Crippen LogP contribution in [0, 0.1) is 23.1 Å². The Morgan fingerprint density at radius 2 is 1.70 bits per heavy atom. The number of Topliss-reactive ketones (excluding diaryl/α,β-unsaturated/α-hetero) is 1. The number of hydrogen-bond donors (Lipinski definition) is 1. The SMILES string of the molecule is C=C(COc1cc(F)cc([C@@H](CC(O)c2ccc(OC)c(OC)c2)OC(=O)[C@@H]2CCCCN2C(=O)C(=O)C(C)(C)COC(=O)/C=C\C(C)C)c1)C(C)C. The molecular weight excluding hydrogens is 685 g/mol. The van der Waals surface area contributed by atoms with Crippen molar-refractivity contribution in [1.82, 2.24) is 4.90 Å². The van der Waals surface area contributed by atoms with Crippen LogP contribution in [0.4, 0.5) is 4.39 Å². The van der Waals surface area contributed by atoms with Gasteiger partial charge in [0.2, 0.25) is 5.78 Å². The highest BCUT2D eigenvalue weighted by molar-refractivity contribution is 6.38. The molecule has 2 aromatic rings. The van der Waals surface area contributed by atoms with Crippen LogP contribution in [-0.2, 0) is 28.7 Å². The van der Waals surface area contributed by atoms with Crippen molar-refractivity contribution >= 4 is 23.6 Å². The van der Waals surface area contributed by atoms with Gasteiger partial charge in [-0.2, -0.15) is 0 Å². The van der Waals surface area contributed by atoms with Crippen molar-refractivity contribution in [2.75, 3.05) is 34.0 Å². The van der Waals surface area contributed by atoms with Gasteiger partial charge in [0.25, 0.3) is 5.91 Å². The largest absolute Gasteiger partial charge is 0.493 e. The number of carbonyl (C=O) groups excluding carboxylic acids is 4. The summed E-state index contributed by atoms with van der Waals surface area (Å²) in [7, 11) is 2.94. The number of nitrogens with zero attached hydrogens (tertiary/aromatic N) is 1. The Morgan fingerprint density at radius 3 is 2.34 bits per heavy atom. The molecule has 1 amide bonds. The summed E-state index contributed by atoms with van der Waals surface area (Å²) in [5.41, 5.74) is 0.0493. The van der Waals surface area contributed by atoms with Crippen molar-refractivity contribution in [2.45, 2.75) is 85.5 Å². The van der Waals surface area contributed by atoms with E-state index < -0.39 is 53.1 Å². The minimum atomic E-state index is -1.38. The van der Waals surface area contributed by atoms with Gasteiger partial charge in [0.1, 0.15) is 36.9 Å². The number of carbonyl (C=O) groups is 4. The van der Waals surface area contributed by atoms with E-state index in [4.69, 9.17) is 23.7 Å². The maximum atomic E-state index is 15.1. The third-order valence-electron chi connectivity index (χ3n) is 9.03. The molecule has 1 unspecified atom stereocenters. The van der Waals surface area contributed by atoms with Crippen LogP contribution in [0.25, 0.3) is 0 Å². The Morgan fingerprint density at radius 1 is 1.00 bits per heavy atom. The van der Waals surface area contributed by atoms with E-state index in [2.05, 4.69) is 6.58 Å². The monoisotopic (exact) mass is 739 g/mol. The van der Waals surface area contributed by atoms with E-state index in [1.165, 1.54) is 57.2 Å². The van der Waals surface area contributed by atoms with Crippen LogP contribution in [-0.4, -0.2) is 73.7 Å². The number of halogens is 1. The van der Waals surface area contributed by atoms with Gasteiger partial charge in [-0.1, -0.05) is 46.4 Å². The predicted octanol–water partition coefficient (Wildman–Crippen LogP) is 6.87. The first-order valence-corrected chi connectivity index (χ1v) is 17.9. The summed E-state index contributed by atoms with van der Waals surface area (Å²) in [6.45, 7) is 14.6. The predicted molar refractivity (Wildman–Crippen MR) is 197 cm³/mol. The maximum absolute atomic E-state index is 15.1. The highest BCUT2D eigenvalue weighted by Crippen LogP contribution is 2.37. The molecule has 290 valence electrons. The number of rotatable bonds is 18. The molecule has 0 radical (unpaired) electrons. The number of aliphatic hydroxyl groups is 1. The Kier molecular flexibility index (Phi) is 15.6. The number of methoxy groups -OCH3 is 2. The first kappa shape index (κ1) is 42.7. The molecule has 1 fully saturated rings. The van der Waals surface area contributed by atoms with Gasteiger partial charge >= 0.3 is 11.9 Å². The summed E-state index contributed by atoms with van der Waals surface area (Å²) in [6.07, 6.45) is 1.65. The lowest BCUT2D eigenvalue weighted by Crippen LogP contribution is -2.53. The molecule has 3 rings (SSSR count). The number of benzene rings is 2. The van der Waals surface area contributed by atoms with Gasteiger partial charge in [0.15, 0.2) is 11.5 Å². The summed E-state index contributed by atoms with van der Waals surface area (Å²) >= 11 is 0. The minimum absolute atomic E-state index is 0.119. The number of esters is 2. The van der Waals surface area contributed by atoms with Crippen molar-refractivity contribution in [3.8, 4) is 17.2 Å². The van der Waals surface area contributed by atoms with E-state index in [0.29, 0.717) is 29.9 Å². The molecule has 0 spiro atoms. The third-order valence-corrected chi connectivity index (χ3v) is 9.03. The topological polar surface area (TPSA) is 138 Å². The Labute approximate surface area is 312 Å². The van der Waals surface area contributed by atoms with Crippen molar-refractivity contribution in [1.29, 1.82) is 0 Å². The Hall–Kier alpha value is -4.71. The highest BCUT2D eigenvalue weighted by atomic mass is 19.1. The Balaban J connectivity index is 1.91. The lowest BCUT2D eigenvalue weighted by molar-refractivity contribution is -0.166. The lowest BCUT2D eigenvalue weighted by Gasteiger charge is -2.36. The average Bonchev–Trinajstić information content (AvgIpc) is 3.13. The molecule has 0 aromatic heterocycles. The molecule has 0 aliphatic carbocycles. The molecule has 1 heterocycles. The molecule has 1 aliphatic heterocycles. The summed E-state index contributed by atoms with van der Waals surface area (Å²) in [4.78, 5) is 54.6. The first-order chi connectivity index (χ1) is 25.0. The molecule has 12 heteroatoms. The van der Waals surface area contributed by atoms with Gasteiger partial charge in [-0.05, 0) is 85.9 Å². The van der Waals surface area contributed by atoms with Gasteiger partial charge < -0.3 is 33.7 Å². The van der Waals surface area contributed by atoms with Crippen LogP contribution in [0.3, 0.4) is 0 Å². The summed E-state index contributed by atoms with van der Waals surface area (Å²) < 4.78 is 42.9. The molecule has 0 bridgehead atoms. The molecular formula is C41H54FNO10. The number of likely N-dealkylation sites (tertiary alicyclic amines) is 1. The minimum Gasteiger partial charge on any atom is -0.493 e. The number of piperidine rings is 1. The fraction of sp³-hybridized carbons (Fsp3) is 0.512. The van der Waals surface area contributed by atoms with Gasteiger partial charge in [-0.25, -0.2) is 14.0 Å². The number of allylic oxidation sites excluding steroid dienone is 1. The zero-order chi connectivity index (χ0) is 39.5. The smallest absolute Gasteiger partial charge is 0.330 e. The van der Waals surface area contributed by atoms with Gasteiger partial charge in [-0.3, -0.25) is 9.59 Å². The highest BCUT2D eigenvalue weighted by Gasteiger charge is 2.42. The molecule has 1 aliphatic rings. The van der Waals surface area contributed by atoms with Crippen LogP contribution >= 0.6 is 0 Å². The zero-order valence-electron chi connectivity index (χ0n) is 32.1. The molecule has 0 saturated carbocycles. The average molecular weight is 740 g/mol. The van der Waals surface area contributed by atoms with E-state index >= 15 is 4.39 Å². The van der Waals surface area contributed by atoms with Gasteiger partial charge in [0, 0.05) is 25.1 Å². The van der Waals surface area contributed by atoms with E-state index in [1.54, 1.807) is 24.3 Å². The van der Waals surface area contributed by atoms with E-state index in [-0.39, 0.29) is 55.7 Å². The molecule has 1 saturated heterocycles. The fourth-order valence-electron chi connectivity index (χ4n) is 5.54. The first-order valence-electron chi connectivity index (χ1n) is 17.9. The molecule has 2 aromatic carbocycles. The molecule has 3 atom stereocenters. The lowest BCUT2D eigenvalue weighted by atomic mass is 9.87. The quantitative estimate of drug-likeness (QED) is 0.0746. The van der Waals surface area contributed by atoms with Crippen LogP contribution in [0.1, 0.15) is 90.6 Å². The van der Waals surface area contributed by atoms with Crippen molar-refractivity contribution in [3.05, 3.63) is 77.6 Å². The molecule has 1 N–H and O–H groups in total. The van der Waals surface area contributed by atoms with Crippen LogP contribution in [0.15, 0.2) is 60.7 Å². The van der Waals surface area contributed by atoms with E-state index in [1.807, 2.05) is 27.7 Å². The third kappa shape index (κ3) is 12.2. The van der Waals surface area contributed by atoms with E-state index in [9.17, 15) is 24.3 Å². The van der Waals surface area contributed by atoms with Crippen molar-refractivity contribution in [2.24, 2.45) is 17.3 Å². The molecule has 11 nitrogen and oxygen atoms in total. The second-order valence-corrected chi connectivity index (χ2v) is 14.5. The summed E-state index contributed by atoms with van der Waals surface area (Å²) in [5.74, 6) is -2.60. The zero-order valence-corrected chi connectivity index (χ0v) is 32.1. The second kappa shape index (κ2) is 19.4. The standard InChI is InChI=1S/C41H54FNO10/c1-25(2)13-16-37(45)52-24-41(6,7)38(46)39(47)43-17-11-10-12-32(43)40(48)53-35(22-33(44)28-14-15-34(49-8)36(20-28)50-9)29-18-30(42)21-31(19-29)51-23-27(5)26(3)4/h13-16,18-21,25-26,32-33,35,44H,5,10-12,17,22-24H2,1-4,6-9H3/b16-13-/t32-,33?,35+/m0/s1. The maximum Gasteiger partial charge on any atom is 0.330 e. The molecule has 53 heavy (non-hydrogen) atoms. The fourth-order valence-corrected chi connectivity index (χ4v) is 5.54.